The minimum Gasteiger partial charge on any atom is -0.481 e. The fraction of sp³-hybridized carbons (Fsp3) is 0.290. The summed E-state index contributed by atoms with van der Waals surface area (Å²) in [5.41, 5.74) is 3.75. The summed E-state index contributed by atoms with van der Waals surface area (Å²) in [6.07, 6.45) is 0. The summed E-state index contributed by atoms with van der Waals surface area (Å²) in [6, 6.07) is 27.8. The van der Waals surface area contributed by atoms with Crippen LogP contribution in [-0.4, -0.2) is 60.6 Å². The fourth-order valence-corrected chi connectivity index (χ4v) is 5.52. The molecule has 2 heterocycles. The van der Waals surface area contributed by atoms with Crippen LogP contribution in [-0.2, 0) is 9.53 Å². The van der Waals surface area contributed by atoms with Gasteiger partial charge in [-0.2, -0.15) is 0 Å². The predicted octanol–water partition coefficient (Wildman–Crippen LogP) is 6.02. The summed E-state index contributed by atoms with van der Waals surface area (Å²) < 4.78 is 12.4. The third-order valence-electron chi connectivity index (χ3n) is 7.10. The number of halogens is 1. The van der Waals surface area contributed by atoms with Crippen LogP contribution >= 0.6 is 15.9 Å². The largest absolute Gasteiger partial charge is 0.481 e. The molecular formula is C31H32BrN3O3. The van der Waals surface area contributed by atoms with Crippen molar-refractivity contribution in [3.63, 3.8) is 0 Å². The molecule has 0 aliphatic carbocycles. The number of pyridine rings is 1. The van der Waals surface area contributed by atoms with Gasteiger partial charge in [-0.3, -0.25) is 9.69 Å². The molecule has 3 aromatic carbocycles. The van der Waals surface area contributed by atoms with Gasteiger partial charge in [0.1, 0.15) is 0 Å². The molecule has 1 aliphatic rings. The van der Waals surface area contributed by atoms with Gasteiger partial charge in [-0.25, -0.2) is 4.98 Å². The van der Waals surface area contributed by atoms with Gasteiger partial charge in [0.25, 0.3) is 0 Å². The Morgan fingerprint density at radius 3 is 2.32 bits per heavy atom. The molecule has 0 bridgehead atoms. The summed E-state index contributed by atoms with van der Waals surface area (Å²) in [7, 11) is 1.64. The number of hydrogen-bond donors (Lipinski definition) is 0. The van der Waals surface area contributed by atoms with Crippen LogP contribution < -0.4 is 4.74 Å². The molecule has 4 aromatic rings. The summed E-state index contributed by atoms with van der Waals surface area (Å²) >= 11 is 3.60. The minimum atomic E-state index is -0.411. The maximum absolute atomic E-state index is 14.3. The first kappa shape index (κ1) is 26.4. The standard InChI is InChI=1S/C31H32BrN3O3/c1-22(23-9-5-3-6-10-23)35(29(36)21-34-15-17-38-18-16-34)30(24-11-7-4-8-12-24)27-20-25-19-26(32)13-14-28(25)33-31(27)37-2/h3-14,19-20,22,30H,15-18,21H2,1-2H3/t22-,30-/m1/s1. The molecule has 6 nitrogen and oxygen atoms in total. The highest BCUT2D eigenvalue weighted by atomic mass is 79.9. The van der Waals surface area contributed by atoms with Crippen molar-refractivity contribution in [3.8, 4) is 5.88 Å². The molecule has 0 N–H and O–H groups in total. The molecule has 0 spiro atoms. The van der Waals surface area contributed by atoms with E-state index >= 15 is 0 Å². The number of hydrogen-bond acceptors (Lipinski definition) is 5. The molecule has 7 heteroatoms. The minimum absolute atomic E-state index is 0.0495. The first-order valence-electron chi connectivity index (χ1n) is 12.9. The second-order valence-corrected chi connectivity index (χ2v) is 10.4. The zero-order chi connectivity index (χ0) is 26.5. The van der Waals surface area contributed by atoms with Crippen LogP contribution in [0, 0.1) is 0 Å². The zero-order valence-corrected chi connectivity index (χ0v) is 23.3. The molecule has 0 saturated carbocycles. The van der Waals surface area contributed by atoms with E-state index in [1.165, 1.54) is 0 Å². The normalized spacial score (nSPS) is 15.7. The van der Waals surface area contributed by atoms with Gasteiger partial charge in [-0.05, 0) is 42.3 Å². The van der Waals surface area contributed by atoms with E-state index in [0.717, 1.165) is 45.2 Å². The first-order chi connectivity index (χ1) is 18.5. The van der Waals surface area contributed by atoms with E-state index in [9.17, 15) is 4.79 Å². The Labute approximate surface area is 232 Å². The van der Waals surface area contributed by atoms with Crippen molar-refractivity contribution in [1.82, 2.24) is 14.8 Å². The third-order valence-corrected chi connectivity index (χ3v) is 7.59. The highest BCUT2D eigenvalue weighted by molar-refractivity contribution is 9.10. The molecule has 5 rings (SSSR count). The van der Waals surface area contributed by atoms with Crippen molar-refractivity contribution in [2.45, 2.75) is 19.0 Å². The van der Waals surface area contributed by atoms with Gasteiger partial charge in [-0.1, -0.05) is 76.6 Å². The Kier molecular flexibility index (Phi) is 8.37. The zero-order valence-electron chi connectivity index (χ0n) is 21.7. The predicted molar refractivity (Wildman–Crippen MR) is 153 cm³/mol. The number of ether oxygens (including phenoxy) is 2. The molecule has 196 valence electrons. The lowest BCUT2D eigenvalue weighted by Crippen LogP contribution is -2.47. The van der Waals surface area contributed by atoms with Crippen LogP contribution in [0.1, 0.15) is 35.7 Å². The summed E-state index contributed by atoms with van der Waals surface area (Å²) in [6.45, 7) is 5.18. The van der Waals surface area contributed by atoms with Crippen LogP contribution in [0.15, 0.2) is 89.4 Å². The van der Waals surface area contributed by atoms with Gasteiger partial charge >= 0.3 is 0 Å². The monoisotopic (exact) mass is 573 g/mol. The lowest BCUT2D eigenvalue weighted by atomic mass is 9.93. The van der Waals surface area contributed by atoms with Crippen molar-refractivity contribution in [2.24, 2.45) is 0 Å². The molecule has 1 aromatic heterocycles. The number of carbonyl (C=O) groups excluding carboxylic acids is 1. The van der Waals surface area contributed by atoms with E-state index in [4.69, 9.17) is 14.5 Å². The van der Waals surface area contributed by atoms with Crippen molar-refractivity contribution in [1.29, 1.82) is 0 Å². The Hall–Kier alpha value is -3.26. The van der Waals surface area contributed by atoms with Crippen LogP contribution in [0.3, 0.4) is 0 Å². The smallest absolute Gasteiger partial charge is 0.238 e. The molecule has 0 radical (unpaired) electrons. The second-order valence-electron chi connectivity index (χ2n) is 9.51. The van der Waals surface area contributed by atoms with Crippen LogP contribution in [0.2, 0.25) is 0 Å². The molecule has 38 heavy (non-hydrogen) atoms. The van der Waals surface area contributed by atoms with Crippen LogP contribution in [0.25, 0.3) is 10.9 Å². The van der Waals surface area contributed by atoms with E-state index in [2.05, 4.69) is 58.1 Å². The second kappa shape index (κ2) is 12.1. The van der Waals surface area contributed by atoms with E-state index < -0.39 is 6.04 Å². The Morgan fingerprint density at radius 1 is 1.00 bits per heavy atom. The van der Waals surface area contributed by atoms with Crippen LogP contribution in [0.5, 0.6) is 5.88 Å². The molecule has 1 aliphatic heterocycles. The fourth-order valence-electron chi connectivity index (χ4n) is 5.14. The molecular weight excluding hydrogens is 542 g/mol. The SMILES string of the molecule is COc1nc2ccc(Br)cc2cc1[C@@H](c1ccccc1)N(C(=O)CN1CCOCC1)[C@H](C)c1ccccc1. The Morgan fingerprint density at radius 2 is 1.66 bits per heavy atom. The van der Waals surface area contributed by atoms with Crippen molar-refractivity contribution < 1.29 is 14.3 Å². The molecule has 0 unspecified atom stereocenters. The molecule has 2 atom stereocenters. The van der Waals surface area contributed by atoms with Gasteiger partial charge in [0.05, 0.1) is 44.5 Å². The summed E-state index contributed by atoms with van der Waals surface area (Å²) in [5.74, 6) is 0.562. The van der Waals surface area contributed by atoms with E-state index in [0.29, 0.717) is 25.6 Å². The number of nitrogens with zero attached hydrogens (tertiary/aromatic N) is 3. The Bertz CT molecular complexity index is 1380. The average Bonchev–Trinajstić information content (AvgIpc) is 2.96. The van der Waals surface area contributed by atoms with Gasteiger partial charge in [0.2, 0.25) is 11.8 Å². The average molecular weight is 575 g/mol. The van der Waals surface area contributed by atoms with Gasteiger partial charge in [0.15, 0.2) is 0 Å². The molecule has 1 amide bonds. The number of amides is 1. The van der Waals surface area contributed by atoms with Gasteiger partial charge in [-0.15, -0.1) is 0 Å². The van der Waals surface area contributed by atoms with Crippen LogP contribution in [0.4, 0.5) is 0 Å². The highest BCUT2D eigenvalue weighted by Crippen LogP contribution is 2.40. The first-order valence-corrected chi connectivity index (χ1v) is 13.7. The molecule has 1 fully saturated rings. The number of aromatic nitrogens is 1. The van der Waals surface area contributed by atoms with E-state index in [-0.39, 0.29) is 11.9 Å². The molecule has 1 saturated heterocycles. The lowest BCUT2D eigenvalue weighted by molar-refractivity contribution is -0.137. The van der Waals surface area contributed by atoms with E-state index in [1.54, 1.807) is 7.11 Å². The number of methoxy groups -OCH3 is 1. The Balaban J connectivity index is 1.68. The topological polar surface area (TPSA) is 54.9 Å². The van der Waals surface area contributed by atoms with E-state index in [1.807, 2.05) is 59.5 Å². The van der Waals surface area contributed by atoms with Crippen molar-refractivity contribution >= 4 is 32.7 Å². The number of rotatable bonds is 8. The summed E-state index contributed by atoms with van der Waals surface area (Å²) in [4.78, 5) is 23.3. The van der Waals surface area contributed by atoms with Crippen molar-refractivity contribution in [2.75, 3.05) is 40.0 Å². The number of benzene rings is 3. The maximum Gasteiger partial charge on any atom is 0.238 e. The maximum atomic E-state index is 14.3. The van der Waals surface area contributed by atoms with Crippen molar-refractivity contribution in [3.05, 3.63) is 106 Å². The lowest BCUT2D eigenvalue weighted by Gasteiger charge is -2.39. The van der Waals surface area contributed by atoms with Gasteiger partial charge < -0.3 is 14.4 Å². The summed E-state index contributed by atoms with van der Waals surface area (Å²) in [5, 5.41) is 0.976. The quantitative estimate of drug-likeness (QED) is 0.258. The highest BCUT2D eigenvalue weighted by Gasteiger charge is 2.35. The third kappa shape index (κ3) is 5.75. The number of morpholine rings is 1. The van der Waals surface area contributed by atoms with Gasteiger partial charge in [0, 0.05) is 28.5 Å². The number of fused-ring (bicyclic) bond motifs is 1. The number of carbonyl (C=O) groups is 1.